The first-order chi connectivity index (χ1) is 9.70. The SMILES string of the molecule is CC1CN(Cc2cnn(-c3ccc(Cl)cc3)c2)CCN1. The van der Waals surface area contributed by atoms with Crippen molar-refractivity contribution in [3.63, 3.8) is 0 Å². The van der Waals surface area contributed by atoms with Crippen molar-refractivity contribution in [2.75, 3.05) is 19.6 Å². The first-order valence-corrected chi connectivity index (χ1v) is 7.34. The fraction of sp³-hybridized carbons (Fsp3) is 0.400. The van der Waals surface area contributed by atoms with E-state index < -0.39 is 0 Å². The van der Waals surface area contributed by atoms with Gasteiger partial charge in [0.05, 0.1) is 11.9 Å². The number of halogens is 1. The summed E-state index contributed by atoms with van der Waals surface area (Å²) in [5, 5.41) is 8.64. The molecule has 0 saturated carbocycles. The van der Waals surface area contributed by atoms with Crippen molar-refractivity contribution < 1.29 is 0 Å². The summed E-state index contributed by atoms with van der Waals surface area (Å²) >= 11 is 5.90. The van der Waals surface area contributed by atoms with Crippen molar-refractivity contribution in [1.82, 2.24) is 20.0 Å². The third-order valence-corrected chi connectivity index (χ3v) is 3.84. The van der Waals surface area contributed by atoms with Crippen LogP contribution in [0.5, 0.6) is 0 Å². The molecule has 1 aliphatic heterocycles. The van der Waals surface area contributed by atoms with E-state index in [-0.39, 0.29) is 0 Å². The molecule has 1 aliphatic rings. The Labute approximate surface area is 124 Å². The highest BCUT2D eigenvalue weighted by atomic mass is 35.5. The Hall–Kier alpha value is -1.36. The van der Waals surface area contributed by atoms with Gasteiger partial charge in [0.25, 0.3) is 0 Å². The predicted octanol–water partition coefficient (Wildman–Crippen LogP) is 2.32. The van der Waals surface area contributed by atoms with Crippen LogP contribution in [0.15, 0.2) is 36.7 Å². The highest BCUT2D eigenvalue weighted by molar-refractivity contribution is 6.30. The van der Waals surface area contributed by atoms with Gasteiger partial charge in [-0.3, -0.25) is 4.90 Å². The molecular formula is C15H19ClN4. The van der Waals surface area contributed by atoms with E-state index in [1.165, 1.54) is 5.56 Å². The second-order valence-electron chi connectivity index (χ2n) is 5.36. The van der Waals surface area contributed by atoms with E-state index in [9.17, 15) is 0 Å². The Morgan fingerprint density at radius 2 is 2.15 bits per heavy atom. The molecule has 1 fully saturated rings. The molecule has 4 nitrogen and oxygen atoms in total. The summed E-state index contributed by atoms with van der Waals surface area (Å²) in [5.74, 6) is 0. The number of aromatic nitrogens is 2. The molecule has 3 rings (SSSR count). The number of benzene rings is 1. The molecule has 5 heteroatoms. The Morgan fingerprint density at radius 1 is 1.35 bits per heavy atom. The average Bonchev–Trinajstić information content (AvgIpc) is 2.88. The van der Waals surface area contributed by atoms with Crippen LogP contribution in [-0.2, 0) is 6.54 Å². The number of hydrogen-bond acceptors (Lipinski definition) is 3. The van der Waals surface area contributed by atoms with Gasteiger partial charge in [-0.25, -0.2) is 4.68 Å². The van der Waals surface area contributed by atoms with Crippen molar-refractivity contribution >= 4 is 11.6 Å². The number of nitrogens with zero attached hydrogens (tertiary/aromatic N) is 3. The number of piperazine rings is 1. The fourth-order valence-electron chi connectivity index (χ4n) is 2.59. The van der Waals surface area contributed by atoms with Gasteiger partial charge in [-0.15, -0.1) is 0 Å². The van der Waals surface area contributed by atoms with E-state index in [0.717, 1.165) is 36.9 Å². The standard InChI is InChI=1S/C15H19ClN4/c1-12-9-19(7-6-17-12)10-13-8-18-20(11-13)15-4-2-14(16)3-5-15/h2-5,8,11-12,17H,6-7,9-10H2,1H3. The van der Waals surface area contributed by atoms with Crippen LogP contribution in [0.2, 0.25) is 5.02 Å². The highest BCUT2D eigenvalue weighted by Gasteiger charge is 2.16. The van der Waals surface area contributed by atoms with Crippen LogP contribution in [0.1, 0.15) is 12.5 Å². The Kier molecular flexibility index (Phi) is 4.05. The van der Waals surface area contributed by atoms with Crippen LogP contribution >= 0.6 is 11.6 Å². The Balaban J connectivity index is 1.69. The number of nitrogens with one attached hydrogen (secondary N) is 1. The van der Waals surface area contributed by atoms with Crippen LogP contribution in [0.4, 0.5) is 0 Å². The molecule has 0 radical (unpaired) electrons. The van der Waals surface area contributed by atoms with Gasteiger partial charge in [0.15, 0.2) is 0 Å². The maximum Gasteiger partial charge on any atom is 0.0646 e. The van der Waals surface area contributed by atoms with E-state index in [4.69, 9.17) is 11.6 Å². The summed E-state index contributed by atoms with van der Waals surface area (Å²) in [5.41, 5.74) is 2.28. The molecule has 1 unspecified atom stereocenters. The van der Waals surface area contributed by atoms with Crippen molar-refractivity contribution in [2.45, 2.75) is 19.5 Å². The van der Waals surface area contributed by atoms with Gasteiger partial charge < -0.3 is 5.32 Å². The van der Waals surface area contributed by atoms with Crippen molar-refractivity contribution in [1.29, 1.82) is 0 Å². The van der Waals surface area contributed by atoms with Gasteiger partial charge in [-0.1, -0.05) is 11.6 Å². The summed E-state index contributed by atoms with van der Waals surface area (Å²) < 4.78 is 1.90. The van der Waals surface area contributed by atoms with E-state index in [1.807, 2.05) is 35.1 Å². The smallest absolute Gasteiger partial charge is 0.0646 e. The molecular weight excluding hydrogens is 272 g/mol. The van der Waals surface area contributed by atoms with Crippen LogP contribution in [0, 0.1) is 0 Å². The Morgan fingerprint density at radius 3 is 2.90 bits per heavy atom. The predicted molar refractivity (Wildman–Crippen MR) is 81.3 cm³/mol. The van der Waals surface area contributed by atoms with Gasteiger partial charge >= 0.3 is 0 Å². The zero-order valence-corrected chi connectivity index (χ0v) is 12.3. The van der Waals surface area contributed by atoms with E-state index in [2.05, 4.69) is 28.4 Å². The summed E-state index contributed by atoms with van der Waals surface area (Å²) in [4.78, 5) is 2.46. The molecule has 1 atom stereocenters. The van der Waals surface area contributed by atoms with Crippen LogP contribution in [0.3, 0.4) is 0 Å². The molecule has 2 heterocycles. The summed E-state index contributed by atoms with van der Waals surface area (Å²) in [6, 6.07) is 8.29. The minimum absolute atomic E-state index is 0.565. The van der Waals surface area contributed by atoms with Gasteiger partial charge in [-0.05, 0) is 31.2 Å². The summed E-state index contributed by atoms with van der Waals surface area (Å²) in [7, 11) is 0. The summed E-state index contributed by atoms with van der Waals surface area (Å²) in [6.07, 6.45) is 4.04. The quantitative estimate of drug-likeness (QED) is 0.942. The van der Waals surface area contributed by atoms with E-state index in [0.29, 0.717) is 6.04 Å². The molecule has 106 valence electrons. The third-order valence-electron chi connectivity index (χ3n) is 3.59. The lowest BCUT2D eigenvalue weighted by molar-refractivity contribution is 0.199. The van der Waals surface area contributed by atoms with E-state index in [1.54, 1.807) is 0 Å². The van der Waals surface area contributed by atoms with Crippen molar-refractivity contribution in [3.05, 3.63) is 47.2 Å². The highest BCUT2D eigenvalue weighted by Crippen LogP contribution is 2.14. The van der Waals surface area contributed by atoms with Gasteiger partial charge in [0, 0.05) is 49.0 Å². The number of hydrogen-bond donors (Lipinski definition) is 1. The molecule has 2 aromatic rings. The minimum atomic E-state index is 0.565. The first-order valence-electron chi connectivity index (χ1n) is 6.96. The largest absolute Gasteiger partial charge is 0.312 e. The first kappa shape index (κ1) is 13.6. The minimum Gasteiger partial charge on any atom is -0.312 e. The maximum atomic E-state index is 5.90. The maximum absolute atomic E-state index is 5.90. The lowest BCUT2D eigenvalue weighted by Gasteiger charge is -2.31. The average molecular weight is 291 g/mol. The second kappa shape index (κ2) is 5.95. The van der Waals surface area contributed by atoms with Gasteiger partial charge in [-0.2, -0.15) is 5.10 Å². The summed E-state index contributed by atoms with van der Waals surface area (Å²) in [6.45, 7) is 6.43. The molecule has 0 spiro atoms. The lowest BCUT2D eigenvalue weighted by Crippen LogP contribution is -2.48. The lowest BCUT2D eigenvalue weighted by atomic mass is 10.2. The normalized spacial score (nSPS) is 20.2. The zero-order chi connectivity index (χ0) is 13.9. The van der Waals surface area contributed by atoms with Crippen molar-refractivity contribution in [2.24, 2.45) is 0 Å². The molecule has 1 aromatic heterocycles. The van der Waals surface area contributed by atoms with Crippen LogP contribution < -0.4 is 5.32 Å². The fourth-order valence-corrected chi connectivity index (χ4v) is 2.72. The second-order valence-corrected chi connectivity index (χ2v) is 5.80. The molecule has 0 aliphatic carbocycles. The number of rotatable bonds is 3. The van der Waals surface area contributed by atoms with Crippen LogP contribution in [-0.4, -0.2) is 40.4 Å². The molecule has 1 saturated heterocycles. The van der Waals surface area contributed by atoms with E-state index >= 15 is 0 Å². The molecule has 1 N–H and O–H groups in total. The topological polar surface area (TPSA) is 33.1 Å². The zero-order valence-electron chi connectivity index (χ0n) is 11.6. The van der Waals surface area contributed by atoms with Crippen molar-refractivity contribution in [3.8, 4) is 5.69 Å². The molecule has 1 aromatic carbocycles. The molecule has 20 heavy (non-hydrogen) atoms. The molecule has 0 amide bonds. The monoisotopic (exact) mass is 290 g/mol. The third kappa shape index (κ3) is 3.20. The molecule has 0 bridgehead atoms. The van der Waals surface area contributed by atoms with Gasteiger partial charge in [0.2, 0.25) is 0 Å². The van der Waals surface area contributed by atoms with Crippen LogP contribution in [0.25, 0.3) is 5.69 Å². The van der Waals surface area contributed by atoms with Gasteiger partial charge in [0.1, 0.15) is 0 Å². The Bertz CT molecular complexity index is 564.